The van der Waals surface area contributed by atoms with Crippen LogP contribution in [0.15, 0.2) is 30.3 Å². The molecule has 0 radical (unpaired) electrons. The molecule has 1 heterocycles. The first kappa shape index (κ1) is 17.9. The van der Waals surface area contributed by atoms with Gasteiger partial charge < -0.3 is 10.6 Å². The average molecular weight is 326 g/mol. The Labute approximate surface area is 143 Å². The maximum atomic E-state index is 12.2. The third kappa shape index (κ3) is 5.33. The van der Waals surface area contributed by atoms with E-state index in [2.05, 4.69) is 53.5 Å². The summed E-state index contributed by atoms with van der Waals surface area (Å²) in [5, 5.41) is 6.19. The van der Waals surface area contributed by atoms with E-state index in [1.54, 1.807) is 13.0 Å². The van der Waals surface area contributed by atoms with Crippen molar-refractivity contribution in [3.63, 3.8) is 0 Å². The second-order valence-electron chi connectivity index (χ2n) is 6.40. The molecule has 2 rings (SSSR count). The van der Waals surface area contributed by atoms with E-state index in [4.69, 9.17) is 0 Å². The van der Waals surface area contributed by atoms with Crippen LogP contribution in [0.4, 0.5) is 5.82 Å². The molecule has 0 aliphatic heterocycles. The molecule has 128 valence electrons. The Morgan fingerprint density at radius 3 is 2.62 bits per heavy atom. The Hall–Kier alpha value is -2.43. The van der Waals surface area contributed by atoms with Gasteiger partial charge >= 0.3 is 0 Å². The number of nitrogens with one attached hydrogen (secondary N) is 2. The molecule has 5 heteroatoms. The number of carbonyl (C=O) groups is 1. The fourth-order valence-corrected chi connectivity index (χ4v) is 2.33. The Morgan fingerprint density at radius 2 is 1.92 bits per heavy atom. The highest BCUT2D eigenvalue weighted by Crippen LogP contribution is 2.12. The van der Waals surface area contributed by atoms with Gasteiger partial charge in [-0.15, -0.1) is 0 Å². The van der Waals surface area contributed by atoms with Crippen LogP contribution in [0.1, 0.15) is 47.7 Å². The zero-order valence-corrected chi connectivity index (χ0v) is 14.9. The van der Waals surface area contributed by atoms with Gasteiger partial charge in [0.1, 0.15) is 17.3 Å². The Morgan fingerprint density at radius 1 is 1.17 bits per heavy atom. The summed E-state index contributed by atoms with van der Waals surface area (Å²) in [6, 6.07) is 9.90. The van der Waals surface area contributed by atoms with Gasteiger partial charge in [0.05, 0.1) is 0 Å². The summed E-state index contributed by atoms with van der Waals surface area (Å²) in [6.07, 6.45) is 0.953. The number of aryl methyl sites for hydroxylation is 2. The van der Waals surface area contributed by atoms with Gasteiger partial charge in [-0.1, -0.05) is 38.1 Å². The molecule has 1 amide bonds. The molecule has 1 aromatic heterocycles. The largest absolute Gasteiger partial charge is 0.366 e. The lowest BCUT2D eigenvalue weighted by molar-refractivity contribution is 0.0946. The van der Waals surface area contributed by atoms with Crippen LogP contribution in [-0.2, 0) is 6.54 Å². The minimum atomic E-state index is -0.153. The number of hydrogen-bond acceptors (Lipinski definition) is 4. The molecule has 0 atom stereocenters. The fourth-order valence-electron chi connectivity index (χ4n) is 2.33. The quantitative estimate of drug-likeness (QED) is 0.817. The zero-order valence-electron chi connectivity index (χ0n) is 14.9. The van der Waals surface area contributed by atoms with Crippen LogP contribution < -0.4 is 10.6 Å². The maximum Gasteiger partial charge on any atom is 0.270 e. The van der Waals surface area contributed by atoms with E-state index in [-0.39, 0.29) is 5.91 Å². The summed E-state index contributed by atoms with van der Waals surface area (Å²) < 4.78 is 0. The summed E-state index contributed by atoms with van der Waals surface area (Å²) in [4.78, 5) is 20.8. The zero-order chi connectivity index (χ0) is 17.5. The molecule has 2 aromatic rings. The molecule has 24 heavy (non-hydrogen) atoms. The normalized spacial score (nSPS) is 10.7. The Kier molecular flexibility index (Phi) is 6.29. The van der Waals surface area contributed by atoms with E-state index in [0.717, 1.165) is 6.42 Å². The van der Waals surface area contributed by atoms with Crippen LogP contribution in [0.2, 0.25) is 0 Å². The SMILES string of the molecule is Cc1nc(NCc2ccccc2C)cc(C(=O)NCCC(C)C)n1. The first-order valence-corrected chi connectivity index (χ1v) is 8.38. The molecule has 0 fully saturated rings. The summed E-state index contributed by atoms with van der Waals surface area (Å²) in [6.45, 7) is 9.46. The van der Waals surface area contributed by atoms with Crippen molar-refractivity contribution in [3.05, 3.63) is 53.0 Å². The van der Waals surface area contributed by atoms with Crippen LogP contribution in [0, 0.1) is 19.8 Å². The van der Waals surface area contributed by atoms with Crippen molar-refractivity contribution >= 4 is 11.7 Å². The van der Waals surface area contributed by atoms with E-state index in [1.807, 2.05) is 12.1 Å². The molecule has 0 spiro atoms. The molecule has 0 unspecified atom stereocenters. The van der Waals surface area contributed by atoms with Gasteiger partial charge in [-0.05, 0) is 37.3 Å². The number of carbonyl (C=O) groups excluding carboxylic acids is 1. The van der Waals surface area contributed by atoms with Crippen molar-refractivity contribution in [2.24, 2.45) is 5.92 Å². The summed E-state index contributed by atoms with van der Waals surface area (Å²) in [5.74, 6) is 1.66. The van der Waals surface area contributed by atoms with Gasteiger partial charge in [-0.25, -0.2) is 9.97 Å². The van der Waals surface area contributed by atoms with E-state index in [9.17, 15) is 4.79 Å². The molecule has 0 bridgehead atoms. The molecular formula is C19H26N4O. The van der Waals surface area contributed by atoms with Crippen LogP contribution >= 0.6 is 0 Å². The molecule has 5 nitrogen and oxygen atoms in total. The third-order valence-electron chi connectivity index (χ3n) is 3.80. The number of amides is 1. The number of aromatic nitrogens is 2. The van der Waals surface area contributed by atoms with E-state index < -0.39 is 0 Å². The van der Waals surface area contributed by atoms with Crippen LogP contribution in [0.25, 0.3) is 0 Å². The topological polar surface area (TPSA) is 66.9 Å². The van der Waals surface area contributed by atoms with E-state index >= 15 is 0 Å². The highest BCUT2D eigenvalue weighted by atomic mass is 16.1. The summed E-state index contributed by atoms with van der Waals surface area (Å²) >= 11 is 0. The number of anilines is 1. The lowest BCUT2D eigenvalue weighted by Gasteiger charge is -2.11. The third-order valence-corrected chi connectivity index (χ3v) is 3.80. The molecule has 0 saturated carbocycles. The van der Waals surface area contributed by atoms with Crippen LogP contribution in [0.5, 0.6) is 0 Å². The highest BCUT2D eigenvalue weighted by molar-refractivity contribution is 5.92. The predicted octanol–water partition coefficient (Wildman–Crippen LogP) is 3.48. The number of hydrogen-bond donors (Lipinski definition) is 2. The monoisotopic (exact) mass is 326 g/mol. The average Bonchev–Trinajstić information content (AvgIpc) is 2.53. The first-order valence-electron chi connectivity index (χ1n) is 8.38. The van der Waals surface area contributed by atoms with Crippen molar-refractivity contribution in [3.8, 4) is 0 Å². The highest BCUT2D eigenvalue weighted by Gasteiger charge is 2.10. The number of rotatable bonds is 7. The maximum absolute atomic E-state index is 12.2. The second kappa shape index (κ2) is 8.43. The summed E-state index contributed by atoms with van der Waals surface area (Å²) in [7, 11) is 0. The lowest BCUT2D eigenvalue weighted by atomic mass is 10.1. The number of nitrogens with zero attached hydrogens (tertiary/aromatic N) is 2. The smallest absolute Gasteiger partial charge is 0.270 e. The first-order chi connectivity index (χ1) is 11.5. The van der Waals surface area contributed by atoms with Gasteiger partial charge in [-0.2, -0.15) is 0 Å². The van der Waals surface area contributed by atoms with Crippen LogP contribution in [-0.4, -0.2) is 22.4 Å². The van der Waals surface area contributed by atoms with Crippen molar-refractivity contribution in [1.29, 1.82) is 0 Å². The van der Waals surface area contributed by atoms with Crippen molar-refractivity contribution in [1.82, 2.24) is 15.3 Å². The van der Waals surface area contributed by atoms with E-state index in [1.165, 1.54) is 11.1 Å². The van der Waals surface area contributed by atoms with Crippen molar-refractivity contribution < 1.29 is 4.79 Å². The fraction of sp³-hybridized carbons (Fsp3) is 0.421. The number of benzene rings is 1. The minimum Gasteiger partial charge on any atom is -0.366 e. The Bertz CT molecular complexity index is 698. The molecule has 1 aromatic carbocycles. The molecule has 0 saturated heterocycles. The minimum absolute atomic E-state index is 0.153. The molecule has 0 aliphatic carbocycles. The molecule has 0 aliphatic rings. The Balaban J connectivity index is 2.02. The van der Waals surface area contributed by atoms with Gasteiger partial charge in [-0.3, -0.25) is 4.79 Å². The second-order valence-corrected chi connectivity index (χ2v) is 6.40. The van der Waals surface area contributed by atoms with Gasteiger partial charge in [0.25, 0.3) is 5.91 Å². The standard InChI is InChI=1S/C19H26N4O/c1-13(2)9-10-20-19(24)17-11-18(23-15(4)22-17)21-12-16-8-6-5-7-14(16)3/h5-8,11,13H,9-10,12H2,1-4H3,(H,20,24)(H,21,22,23). The van der Waals surface area contributed by atoms with Crippen LogP contribution in [0.3, 0.4) is 0 Å². The van der Waals surface area contributed by atoms with Gasteiger partial charge in [0.2, 0.25) is 0 Å². The lowest BCUT2D eigenvalue weighted by Crippen LogP contribution is -2.26. The molecule has 2 N–H and O–H groups in total. The van der Waals surface area contributed by atoms with Crippen molar-refractivity contribution in [2.45, 2.75) is 40.7 Å². The van der Waals surface area contributed by atoms with Crippen molar-refractivity contribution in [2.75, 3.05) is 11.9 Å². The predicted molar refractivity (Wildman–Crippen MR) is 97.1 cm³/mol. The summed E-state index contributed by atoms with van der Waals surface area (Å²) in [5.41, 5.74) is 2.83. The van der Waals surface area contributed by atoms with Gasteiger partial charge in [0.15, 0.2) is 0 Å². The van der Waals surface area contributed by atoms with E-state index in [0.29, 0.717) is 36.3 Å². The van der Waals surface area contributed by atoms with Gasteiger partial charge in [0, 0.05) is 19.2 Å². The molecular weight excluding hydrogens is 300 g/mol.